The molecule has 1 aliphatic rings. The summed E-state index contributed by atoms with van der Waals surface area (Å²) in [5.41, 5.74) is 0. The fraction of sp³-hybridized carbons (Fsp3) is 0.571. The molecule has 0 unspecified atom stereocenters. The Balaban J connectivity index is 2.86. The number of ether oxygens (including phenoxy) is 3. The van der Waals surface area contributed by atoms with Crippen molar-refractivity contribution in [2.45, 2.75) is 6.18 Å². The number of alkyl halides is 3. The Morgan fingerprint density at radius 1 is 1.53 bits per heavy atom. The van der Waals surface area contributed by atoms with Crippen molar-refractivity contribution in [2.75, 3.05) is 19.5 Å². The smallest absolute Gasteiger partial charge is 0.463 e. The van der Waals surface area contributed by atoms with Crippen molar-refractivity contribution >= 4 is 17.9 Å². The molecule has 1 rings (SSSR count). The lowest BCUT2D eigenvalue weighted by atomic mass is 10.5. The van der Waals surface area contributed by atoms with Crippen LogP contribution in [0.3, 0.4) is 0 Å². The summed E-state index contributed by atoms with van der Waals surface area (Å²) >= 11 is 0.528. The molecular formula is C7H7F3O4S. The molecule has 0 bridgehead atoms. The minimum Gasteiger partial charge on any atom is -0.463 e. The van der Waals surface area contributed by atoms with E-state index < -0.39 is 23.2 Å². The molecule has 0 radical (unpaired) electrons. The van der Waals surface area contributed by atoms with Crippen LogP contribution in [0.25, 0.3) is 0 Å². The van der Waals surface area contributed by atoms with Crippen LogP contribution >= 0.6 is 11.8 Å². The van der Waals surface area contributed by atoms with Gasteiger partial charge in [0.1, 0.15) is 6.61 Å². The van der Waals surface area contributed by atoms with Crippen molar-refractivity contribution in [3.8, 4) is 0 Å². The molecule has 0 N–H and O–H groups in total. The van der Waals surface area contributed by atoms with Crippen LogP contribution in [0.2, 0.25) is 0 Å². The molecule has 4 nitrogen and oxygen atoms in total. The van der Waals surface area contributed by atoms with Crippen molar-refractivity contribution in [2.24, 2.45) is 0 Å². The van der Waals surface area contributed by atoms with Gasteiger partial charge in [-0.25, -0.2) is 4.79 Å². The lowest BCUT2D eigenvalue weighted by molar-refractivity contribution is -0.0935. The Labute approximate surface area is 87.4 Å². The number of carbonyl (C=O) groups is 1. The minimum absolute atomic E-state index is 0.0522. The summed E-state index contributed by atoms with van der Waals surface area (Å²) in [6, 6.07) is 0. The number of hydrogen-bond acceptors (Lipinski definition) is 5. The molecule has 8 heteroatoms. The Kier molecular flexibility index (Phi) is 3.72. The van der Waals surface area contributed by atoms with Crippen molar-refractivity contribution < 1.29 is 32.2 Å². The molecule has 0 aromatic carbocycles. The van der Waals surface area contributed by atoms with Gasteiger partial charge in [0, 0.05) is 5.75 Å². The summed E-state index contributed by atoms with van der Waals surface area (Å²) in [5.74, 6) is -0.686. The zero-order valence-electron chi connectivity index (χ0n) is 7.59. The highest BCUT2D eigenvalue weighted by molar-refractivity contribution is 8.03. The van der Waals surface area contributed by atoms with Crippen molar-refractivity contribution in [3.05, 3.63) is 10.9 Å². The number of rotatable bonds is 1. The highest BCUT2D eigenvalue weighted by Gasteiger charge is 2.41. The van der Waals surface area contributed by atoms with Crippen LogP contribution in [0.1, 0.15) is 0 Å². The van der Waals surface area contributed by atoms with Crippen LogP contribution in [0.15, 0.2) is 10.9 Å². The quantitative estimate of drug-likeness (QED) is 0.662. The van der Waals surface area contributed by atoms with Crippen LogP contribution < -0.4 is 0 Å². The van der Waals surface area contributed by atoms with E-state index in [2.05, 4.69) is 14.2 Å². The Morgan fingerprint density at radius 2 is 2.20 bits per heavy atom. The maximum absolute atomic E-state index is 12.4. The van der Waals surface area contributed by atoms with Gasteiger partial charge in [-0.2, -0.15) is 13.2 Å². The third-order valence-electron chi connectivity index (χ3n) is 1.35. The van der Waals surface area contributed by atoms with E-state index in [0.717, 1.165) is 7.11 Å². The van der Waals surface area contributed by atoms with Gasteiger partial charge in [-0.3, -0.25) is 0 Å². The van der Waals surface area contributed by atoms with E-state index in [1.54, 1.807) is 0 Å². The van der Waals surface area contributed by atoms with Gasteiger partial charge >= 0.3 is 18.3 Å². The van der Waals surface area contributed by atoms with Crippen LogP contribution in [0.4, 0.5) is 18.0 Å². The van der Waals surface area contributed by atoms with Gasteiger partial charge in [0.15, 0.2) is 4.91 Å². The molecular weight excluding hydrogens is 237 g/mol. The monoisotopic (exact) mass is 244 g/mol. The molecule has 0 aliphatic carbocycles. The van der Waals surface area contributed by atoms with E-state index in [0.29, 0.717) is 11.8 Å². The van der Waals surface area contributed by atoms with E-state index in [4.69, 9.17) is 0 Å². The van der Waals surface area contributed by atoms with Gasteiger partial charge in [0.2, 0.25) is 0 Å². The molecule has 0 saturated carbocycles. The van der Waals surface area contributed by atoms with Gasteiger partial charge in [-0.1, -0.05) is 0 Å². The van der Waals surface area contributed by atoms with E-state index >= 15 is 0 Å². The fourth-order valence-corrected chi connectivity index (χ4v) is 1.55. The van der Waals surface area contributed by atoms with Crippen molar-refractivity contribution in [1.29, 1.82) is 0 Å². The zero-order chi connectivity index (χ0) is 11.5. The summed E-state index contributed by atoms with van der Waals surface area (Å²) in [7, 11) is 0.992. The molecule has 0 fully saturated rings. The SMILES string of the molecule is COC(=O)OC1=C(C(F)(F)F)SCCO1. The first-order valence-corrected chi connectivity index (χ1v) is 4.76. The second-order valence-corrected chi connectivity index (χ2v) is 3.47. The largest absolute Gasteiger partial charge is 0.516 e. The van der Waals surface area contributed by atoms with E-state index in [1.165, 1.54) is 0 Å². The topological polar surface area (TPSA) is 44.8 Å². The van der Waals surface area contributed by atoms with E-state index in [-0.39, 0.29) is 12.4 Å². The first kappa shape index (κ1) is 12.0. The molecule has 0 saturated heterocycles. The standard InChI is InChI=1S/C7H7F3O4S/c1-12-6(11)14-5-4(7(8,9)10)15-3-2-13-5/h2-3H2,1H3. The Morgan fingerprint density at radius 3 is 2.73 bits per heavy atom. The number of allylic oxidation sites excluding steroid dienone is 1. The van der Waals surface area contributed by atoms with Crippen molar-refractivity contribution in [3.63, 3.8) is 0 Å². The maximum atomic E-state index is 12.4. The lowest BCUT2D eigenvalue weighted by Gasteiger charge is -2.20. The molecule has 0 atom stereocenters. The van der Waals surface area contributed by atoms with E-state index in [9.17, 15) is 18.0 Å². The van der Waals surface area contributed by atoms with Gasteiger partial charge in [-0.05, 0) is 0 Å². The van der Waals surface area contributed by atoms with Crippen LogP contribution in [0, 0.1) is 0 Å². The molecule has 0 aromatic heterocycles. The Hall–Kier alpha value is -1.05. The fourth-order valence-electron chi connectivity index (χ4n) is 0.793. The lowest BCUT2D eigenvalue weighted by Crippen LogP contribution is -2.21. The summed E-state index contributed by atoms with van der Waals surface area (Å²) < 4.78 is 50.0. The van der Waals surface area contributed by atoms with Crippen molar-refractivity contribution in [1.82, 2.24) is 0 Å². The molecule has 86 valence electrons. The third kappa shape index (κ3) is 3.22. The van der Waals surface area contributed by atoms with Gasteiger partial charge in [0.05, 0.1) is 7.11 Å². The predicted molar refractivity (Wildman–Crippen MR) is 45.0 cm³/mol. The summed E-state index contributed by atoms with van der Waals surface area (Å²) in [6.07, 6.45) is -5.83. The van der Waals surface area contributed by atoms with Crippen LogP contribution in [0.5, 0.6) is 0 Å². The zero-order valence-corrected chi connectivity index (χ0v) is 8.41. The number of hydrogen-bond donors (Lipinski definition) is 0. The minimum atomic E-state index is -4.59. The highest BCUT2D eigenvalue weighted by atomic mass is 32.2. The normalized spacial score (nSPS) is 17.1. The predicted octanol–water partition coefficient (Wildman–Crippen LogP) is 2.26. The number of methoxy groups -OCH3 is 1. The second kappa shape index (κ2) is 4.65. The summed E-state index contributed by atoms with van der Waals surface area (Å²) in [6.45, 7) is 0.0522. The molecule has 1 heterocycles. The van der Waals surface area contributed by atoms with Crippen LogP contribution in [-0.4, -0.2) is 31.8 Å². The Bertz CT molecular complexity index is 286. The maximum Gasteiger partial charge on any atom is 0.516 e. The first-order chi connectivity index (χ1) is 6.95. The molecule has 15 heavy (non-hydrogen) atoms. The van der Waals surface area contributed by atoms with Gasteiger partial charge in [-0.15, -0.1) is 11.8 Å². The summed E-state index contributed by atoms with van der Waals surface area (Å²) in [4.78, 5) is 9.56. The molecule has 0 amide bonds. The third-order valence-corrected chi connectivity index (χ3v) is 2.41. The van der Waals surface area contributed by atoms with Crippen LogP contribution in [-0.2, 0) is 14.2 Å². The van der Waals surface area contributed by atoms with E-state index in [1.807, 2.05) is 0 Å². The van der Waals surface area contributed by atoms with Gasteiger partial charge < -0.3 is 14.2 Å². The number of halogens is 3. The first-order valence-electron chi connectivity index (χ1n) is 3.78. The number of thioether (sulfide) groups is 1. The van der Waals surface area contributed by atoms with Gasteiger partial charge in [0.25, 0.3) is 0 Å². The summed E-state index contributed by atoms with van der Waals surface area (Å²) in [5, 5.41) is 0. The highest BCUT2D eigenvalue weighted by Crippen LogP contribution is 2.39. The second-order valence-electron chi connectivity index (χ2n) is 2.37. The average Bonchev–Trinajstić information content (AvgIpc) is 2.17. The molecule has 1 aliphatic heterocycles. The average molecular weight is 244 g/mol. The molecule has 0 aromatic rings. The molecule has 0 spiro atoms. The number of carbonyl (C=O) groups excluding carboxylic acids is 1.